The van der Waals surface area contributed by atoms with Gasteiger partial charge in [0.25, 0.3) is 0 Å². The number of pyridine rings is 1. The number of hydrogen-bond acceptors (Lipinski definition) is 6. The van der Waals surface area contributed by atoms with Gasteiger partial charge in [0.2, 0.25) is 5.88 Å². The SMILES string of the molecule is COc1cc(NC2CCN(Cc3c(F)cncc3F)C2)ncn1. The molecule has 0 amide bonds. The van der Waals surface area contributed by atoms with Gasteiger partial charge in [0.15, 0.2) is 0 Å². The molecule has 1 N–H and O–H groups in total. The predicted molar refractivity (Wildman–Crippen MR) is 80.0 cm³/mol. The molecule has 6 nitrogen and oxygen atoms in total. The highest BCUT2D eigenvalue weighted by Gasteiger charge is 2.24. The van der Waals surface area contributed by atoms with E-state index in [4.69, 9.17) is 4.74 Å². The first-order valence-electron chi connectivity index (χ1n) is 7.28. The van der Waals surface area contributed by atoms with Crippen LogP contribution in [0.15, 0.2) is 24.8 Å². The van der Waals surface area contributed by atoms with Gasteiger partial charge in [-0.25, -0.2) is 18.7 Å². The van der Waals surface area contributed by atoms with Crippen molar-refractivity contribution in [1.82, 2.24) is 19.9 Å². The van der Waals surface area contributed by atoms with Gasteiger partial charge in [-0.05, 0) is 6.42 Å². The fourth-order valence-electron chi connectivity index (χ4n) is 2.65. The van der Waals surface area contributed by atoms with Gasteiger partial charge >= 0.3 is 0 Å². The van der Waals surface area contributed by atoms with Gasteiger partial charge in [-0.1, -0.05) is 0 Å². The smallest absolute Gasteiger partial charge is 0.218 e. The van der Waals surface area contributed by atoms with E-state index in [1.807, 2.05) is 4.90 Å². The molecule has 3 rings (SSSR count). The van der Waals surface area contributed by atoms with Crippen LogP contribution < -0.4 is 10.1 Å². The van der Waals surface area contributed by atoms with Gasteiger partial charge in [-0.15, -0.1) is 0 Å². The minimum atomic E-state index is -0.609. The first-order valence-corrected chi connectivity index (χ1v) is 7.28. The van der Waals surface area contributed by atoms with Crippen LogP contribution in [0.5, 0.6) is 5.88 Å². The van der Waals surface area contributed by atoms with Crippen LogP contribution in [0.3, 0.4) is 0 Å². The molecule has 2 aromatic heterocycles. The minimum absolute atomic E-state index is 0.0596. The fraction of sp³-hybridized carbons (Fsp3) is 0.400. The van der Waals surface area contributed by atoms with E-state index >= 15 is 0 Å². The van der Waals surface area contributed by atoms with Gasteiger partial charge in [0, 0.05) is 37.3 Å². The Bertz CT molecular complexity index is 664. The van der Waals surface area contributed by atoms with E-state index in [-0.39, 0.29) is 18.2 Å². The quantitative estimate of drug-likeness (QED) is 0.907. The van der Waals surface area contributed by atoms with E-state index in [2.05, 4.69) is 20.3 Å². The standard InChI is InChI=1S/C15H17F2N5O/c1-23-15-4-14(19-9-20-15)21-10-2-3-22(7-10)8-11-12(16)5-18-6-13(11)17/h4-6,9-10H,2-3,7-8H2,1H3,(H,19,20,21). The summed E-state index contributed by atoms with van der Waals surface area (Å²) in [6.07, 6.45) is 4.37. The lowest BCUT2D eigenvalue weighted by Gasteiger charge is -2.17. The number of nitrogens with zero attached hydrogens (tertiary/aromatic N) is 4. The Labute approximate surface area is 132 Å². The molecule has 1 fully saturated rings. The number of nitrogens with one attached hydrogen (secondary N) is 1. The largest absolute Gasteiger partial charge is 0.481 e. The normalized spacial score (nSPS) is 18.1. The summed E-state index contributed by atoms with van der Waals surface area (Å²) in [6, 6.07) is 1.87. The van der Waals surface area contributed by atoms with Crippen LogP contribution in [0.4, 0.5) is 14.6 Å². The van der Waals surface area contributed by atoms with E-state index in [9.17, 15) is 8.78 Å². The summed E-state index contributed by atoms with van der Waals surface area (Å²) in [4.78, 5) is 13.6. The molecule has 8 heteroatoms. The summed E-state index contributed by atoms with van der Waals surface area (Å²) < 4.78 is 32.4. The predicted octanol–water partition coefficient (Wildman–Crippen LogP) is 1.84. The molecule has 0 saturated carbocycles. The van der Waals surface area contributed by atoms with Crippen molar-refractivity contribution in [2.75, 3.05) is 25.5 Å². The highest BCUT2D eigenvalue weighted by atomic mass is 19.1. The van der Waals surface area contributed by atoms with Crippen molar-refractivity contribution in [1.29, 1.82) is 0 Å². The Morgan fingerprint density at radius 3 is 2.83 bits per heavy atom. The van der Waals surface area contributed by atoms with Gasteiger partial charge in [0.05, 0.1) is 19.5 Å². The molecule has 2 aromatic rings. The van der Waals surface area contributed by atoms with Gasteiger partial charge in [-0.3, -0.25) is 9.88 Å². The summed E-state index contributed by atoms with van der Waals surface area (Å²) in [5.74, 6) is -0.0628. The molecular formula is C15H17F2N5O. The number of ether oxygens (including phenoxy) is 1. The Hall–Kier alpha value is -2.35. The monoisotopic (exact) mass is 321 g/mol. The Morgan fingerprint density at radius 1 is 1.30 bits per heavy atom. The van der Waals surface area contributed by atoms with Crippen LogP contribution in [0.1, 0.15) is 12.0 Å². The second kappa shape index (κ2) is 6.82. The molecule has 1 aliphatic heterocycles. The lowest BCUT2D eigenvalue weighted by Crippen LogP contribution is -2.27. The van der Waals surface area contributed by atoms with Gasteiger partial charge < -0.3 is 10.1 Å². The molecule has 0 bridgehead atoms. The number of methoxy groups -OCH3 is 1. The highest BCUT2D eigenvalue weighted by Crippen LogP contribution is 2.20. The molecule has 1 saturated heterocycles. The molecule has 1 aliphatic rings. The van der Waals surface area contributed by atoms with Crippen LogP contribution in [-0.2, 0) is 6.54 Å². The van der Waals surface area contributed by atoms with Crippen molar-refractivity contribution < 1.29 is 13.5 Å². The first kappa shape index (κ1) is 15.5. The van der Waals surface area contributed by atoms with Crippen molar-refractivity contribution in [3.63, 3.8) is 0 Å². The zero-order valence-corrected chi connectivity index (χ0v) is 12.7. The molecule has 1 atom stereocenters. The summed E-state index contributed by atoms with van der Waals surface area (Å²) in [5.41, 5.74) is 0.0596. The van der Waals surface area contributed by atoms with E-state index in [0.717, 1.165) is 25.4 Å². The minimum Gasteiger partial charge on any atom is -0.481 e. The van der Waals surface area contributed by atoms with Crippen molar-refractivity contribution in [2.45, 2.75) is 19.0 Å². The van der Waals surface area contributed by atoms with Crippen LogP contribution in [0.2, 0.25) is 0 Å². The van der Waals surface area contributed by atoms with Crippen molar-refractivity contribution >= 4 is 5.82 Å². The molecule has 122 valence electrons. The number of anilines is 1. The zero-order valence-electron chi connectivity index (χ0n) is 12.7. The maximum absolute atomic E-state index is 13.7. The Kier molecular flexibility index (Phi) is 4.61. The summed E-state index contributed by atoms with van der Waals surface area (Å²) in [5, 5.41) is 3.29. The molecule has 1 unspecified atom stereocenters. The van der Waals surface area contributed by atoms with Crippen molar-refractivity contribution in [3.8, 4) is 5.88 Å². The first-order chi connectivity index (χ1) is 11.2. The second-order valence-corrected chi connectivity index (χ2v) is 5.39. The van der Waals surface area contributed by atoms with E-state index in [1.54, 1.807) is 13.2 Å². The number of likely N-dealkylation sites (tertiary alicyclic amines) is 1. The molecular weight excluding hydrogens is 304 g/mol. The molecule has 23 heavy (non-hydrogen) atoms. The molecule has 0 aliphatic carbocycles. The lowest BCUT2D eigenvalue weighted by atomic mass is 10.2. The number of hydrogen-bond donors (Lipinski definition) is 1. The topological polar surface area (TPSA) is 63.2 Å². The number of rotatable bonds is 5. The van der Waals surface area contributed by atoms with Crippen molar-refractivity contribution in [2.24, 2.45) is 0 Å². The third kappa shape index (κ3) is 3.70. The molecule has 3 heterocycles. The number of halogens is 2. The Morgan fingerprint density at radius 2 is 2.09 bits per heavy atom. The highest BCUT2D eigenvalue weighted by molar-refractivity contribution is 5.38. The lowest BCUT2D eigenvalue weighted by molar-refractivity contribution is 0.315. The summed E-state index contributed by atoms with van der Waals surface area (Å²) >= 11 is 0. The maximum Gasteiger partial charge on any atom is 0.218 e. The van der Waals surface area contributed by atoms with Gasteiger partial charge in [-0.2, -0.15) is 0 Å². The summed E-state index contributed by atoms with van der Waals surface area (Å²) in [7, 11) is 1.54. The summed E-state index contributed by atoms with van der Waals surface area (Å²) in [6.45, 7) is 1.65. The van der Waals surface area contributed by atoms with E-state index in [1.165, 1.54) is 6.33 Å². The average Bonchev–Trinajstić information content (AvgIpc) is 2.98. The third-order valence-electron chi connectivity index (χ3n) is 3.81. The van der Waals surface area contributed by atoms with Crippen LogP contribution in [0.25, 0.3) is 0 Å². The third-order valence-corrected chi connectivity index (χ3v) is 3.81. The van der Waals surface area contributed by atoms with Crippen LogP contribution in [-0.4, -0.2) is 46.1 Å². The maximum atomic E-state index is 13.7. The molecule has 0 aromatic carbocycles. The number of aromatic nitrogens is 3. The van der Waals surface area contributed by atoms with Crippen molar-refractivity contribution in [3.05, 3.63) is 42.0 Å². The van der Waals surface area contributed by atoms with Crippen LogP contribution in [0, 0.1) is 11.6 Å². The Balaban J connectivity index is 1.60. The van der Waals surface area contributed by atoms with E-state index < -0.39 is 11.6 Å². The second-order valence-electron chi connectivity index (χ2n) is 5.39. The molecule has 0 radical (unpaired) electrons. The van der Waals surface area contributed by atoms with Crippen LogP contribution >= 0.6 is 0 Å². The molecule has 0 spiro atoms. The average molecular weight is 321 g/mol. The fourth-order valence-corrected chi connectivity index (χ4v) is 2.65. The van der Waals surface area contributed by atoms with Gasteiger partial charge in [0.1, 0.15) is 23.8 Å². The van der Waals surface area contributed by atoms with E-state index in [0.29, 0.717) is 18.2 Å². The zero-order chi connectivity index (χ0) is 16.2.